The van der Waals surface area contributed by atoms with Crippen LogP contribution in [0.1, 0.15) is 30.5 Å². The van der Waals surface area contributed by atoms with Crippen molar-refractivity contribution in [2.75, 3.05) is 12.4 Å². The summed E-state index contributed by atoms with van der Waals surface area (Å²) in [4.78, 5) is 12.7. The van der Waals surface area contributed by atoms with Crippen LogP contribution >= 0.6 is 0 Å². The number of hydrogen-bond donors (Lipinski definition) is 1. The van der Waals surface area contributed by atoms with Crippen molar-refractivity contribution in [2.24, 2.45) is 0 Å². The van der Waals surface area contributed by atoms with Gasteiger partial charge in [-0.05, 0) is 68.7 Å². The first-order chi connectivity index (χ1) is 10.3. The first-order valence-electron chi connectivity index (χ1n) is 7.37. The van der Waals surface area contributed by atoms with E-state index in [0.717, 1.165) is 28.1 Å². The standard InChI is InChI=1S/C19H23NO2/c1-13-10-14(2)12-16(11-13)20-18(21)19(3,4)15-6-8-17(22-5)9-7-15/h6-12H,1-5H3,(H,20,21). The second-order valence-electron chi connectivity index (χ2n) is 6.18. The smallest absolute Gasteiger partial charge is 0.234 e. The number of amides is 1. The molecule has 0 aromatic heterocycles. The van der Waals surface area contributed by atoms with Gasteiger partial charge in [0.1, 0.15) is 5.75 Å². The number of benzene rings is 2. The van der Waals surface area contributed by atoms with E-state index in [2.05, 4.69) is 11.4 Å². The summed E-state index contributed by atoms with van der Waals surface area (Å²) < 4.78 is 5.16. The zero-order valence-corrected chi connectivity index (χ0v) is 13.9. The molecule has 116 valence electrons. The molecule has 22 heavy (non-hydrogen) atoms. The number of anilines is 1. The number of hydrogen-bond acceptors (Lipinski definition) is 2. The molecule has 0 bridgehead atoms. The average molecular weight is 297 g/mol. The summed E-state index contributed by atoms with van der Waals surface area (Å²) in [5.41, 5.74) is 3.44. The summed E-state index contributed by atoms with van der Waals surface area (Å²) in [7, 11) is 1.63. The third kappa shape index (κ3) is 3.48. The van der Waals surface area contributed by atoms with E-state index in [1.54, 1.807) is 7.11 Å². The highest BCUT2D eigenvalue weighted by atomic mass is 16.5. The highest BCUT2D eigenvalue weighted by Crippen LogP contribution is 2.27. The fourth-order valence-corrected chi connectivity index (χ4v) is 2.47. The van der Waals surface area contributed by atoms with Gasteiger partial charge >= 0.3 is 0 Å². The topological polar surface area (TPSA) is 38.3 Å². The number of aryl methyl sites for hydroxylation is 2. The highest BCUT2D eigenvalue weighted by Gasteiger charge is 2.29. The Morgan fingerprint density at radius 3 is 2.05 bits per heavy atom. The Kier molecular flexibility index (Phi) is 4.55. The number of nitrogens with one attached hydrogen (secondary N) is 1. The SMILES string of the molecule is COc1ccc(C(C)(C)C(=O)Nc2cc(C)cc(C)c2)cc1. The maximum Gasteiger partial charge on any atom is 0.234 e. The van der Waals surface area contributed by atoms with E-state index in [1.807, 2.05) is 64.1 Å². The molecule has 0 saturated carbocycles. The molecule has 2 aromatic rings. The average Bonchev–Trinajstić information content (AvgIpc) is 2.46. The molecule has 0 aliphatic rings. The van der Waals surface area contributed by atoms with Gasteiger partial charge in [-0.25, -0.2) is 0 Å². The molecule has 3 heteroatoms. The molecule has 0 saturated heterocycles. The van der Waals surface area contributed by atoms with Crippen molar-refractivity contribution in [3.8, 4) is 5.75 Å². The lowest BCUT2D eigenvalue weighted by Gasteiger charge is -2.24. The second kappa shape index (κ2) is 6.22. The van der Waals surface area contributed by atoms with Gasteiger partial charge in [-0.1, -0.05) is 18.2 Å². The molecule has 0 spiro atoms. The normalized spacial score (nSPS) is 11.1. The van der Waals surface area contributed by atoms with Crippen molar-refractivity contribution >= 4 is 11.6 Å². The molecule has 2 aromatic carbocycles. The first kappa shape index (κ1) is 16.1. The van der Waals surface area contributed by atoms with Gasteiger partial charge in [0.05, 0.1) is 12.5 Å². The minimum absolute atomic E-state index is 0.0253. The molecular weight excluding hydrogens is 274 g/mol. The Bertz CT molecular complexity index is 652. The van der Waals surface area contributed by atoms with Gasteiger partial charge in [-0.2, -0.15) is 0 Å². The summed E-state index contributed by atoms with van der Waals surface area (Å²) in [6.45, 7) is 7.90. The van der Waals surface area contributed by atoms with Gasteiger partial charge in [-0.3, -0.25) is 4.79 Å². The minimum Gasteiger partial charge on any atom is -0.497 e. The predicted molar refractivity (Wildman–Crippen MR) is 90.6 cm³/mol. The van der Waals surface area contributed by atoms with Crippen LogP contribution in [0.4, 0.5) is 5.69 Å². The molecule has 1 amide bonds. The van der Waals surface area contributed by atoms with Crippen LogP contribution in [-0.4, -0.2) is 13.0 Å². The van der Waals surface area contributed by atoms with Gasteiger partial charge in [0.15, 0.2) is 0 Å². The summed E-state index contributed by atoms with van der Waals surface area (Å²) >= 11 is 0. The summed E-state index contributed by atoms with van der Waals surface area (Å²) in [6.07, 6.45) is 0. The Balaban J connectivity index is 2.22. The number of carbonyl (C=O) groups is 1. The molecule has 0 radical (unpaired) electrons. The van der Waals surface area contributed by atoms with Crippen LogP contribution in [0.3, 0.4) is 0 Å². The molecule has 0 atom stereocenters. The number of methoxy groups -OCH3 is 1. The lowest BCUT2D eigenvalue weighted by atomic mass is 9.83. The Morgan fingerprint density at radius 2 is 1.55 bits per heavy atom. The Morgan fingerprint density at radius 1 is 1.00 bits per heavy atom. The molecule has 0 unspecified atom stereocenters. The third-order valence-corrected chi connectivity index (χ3v) is 3.86. The van der Waals surface area contributed by atoms with Gasteiger partial charge in [0.2, 0.25) is 5.91 Å². The van der Waals surface area contributed by atoms with E-state index < -0.39 is 5.41 Å². The lowest BCUT2D eigenvalue weighted by Crippen LogP contribution is -2.34. The molecule has 0 aliphatic carbocycles. The van der Waals surface area contributed by atoms with Crippen molar-refractivity contribution in [3.63, 3.8) is 0 Å². The lowest BCUT2D eigenvalue weighted by molar-refractivity contribution is -0.120. The molecule has 0 aliphatic heterocycles. The first-order valence-corrected chi connectivity index (χ1v) is 7.37. The maximum absolute atomic E-state index is 12.7. The Hall–Kier alpha value is -2.29. The minimum atomic E-state index is -0.621. The van der Waals surface area contributed by atoms with Crippen molar-refractivity contribution in [2.45, 2.75) is 33.1 Å². The predicted octanol–water partition coefficient (Wildman–Crippen LogP) is 4.23. The van der Waals surface area contributed by atoms with Crippen molar-refractivity contribution in [3.05, 3.63) is 59.2 Å². The van der Waals surface area contributed by atoms with Crippen LogP contribution in [-0.2, 0) is 10.2 Å². The van der Waals surface area contributed by atoms with E-state index in [-0.39, 0.29) is 5.91 Å². The molecule has 0 heterocycles. The molecular formula is C19H23NO2. The van der Waals surface area contributed by atoms with Gasteiger partial charge in [-0.15, -0.1) is 0 Å². The van der Waals surface area contributed by atoms with E-state index in [9.17, 15) is 4.79 Å². The van der Waals surface area contributed by atoms with Gasteiger partial charge in [0.25, 0.3) is 0 Å². The van der Waals surface area contributed by atoms with Gasteiger partial charge in [0, 0.05) is 5.69 Å². The quantitative estimate of drug-likeness (QED) is 0.917. The van der Waals surface area contributed by atoms with Gasteiger partial charge < -0.3 is 10.1 Å². The van der Waals surface area contributed by atoms with Crippen LogP contribution in [0.15, 0.2) is 42.5 Å². The zero-order chi connectivity index (χ0) is 16.3. The highest BCUT2D eigenvalue weighted by molar-refractivity contribution is 5.98. The Labute approximate surface area is 132 Å². The fraction of sp³-hybridized carbons (Fsp3) is 0.316. The molecule has 0 fully saturated rings. The van der Waals surface area contributed by atoms with Crippen LogP contribution in [0.5, 0.6) is 5.75 Å². The van der Waals surface area contributed by atoms with E-state index in [0.29, 0.717) is 0 Å². The number of ether oxygens (including phenoxy) is 1. The molecule has 1 N–H and O–H groups in total. The van der Waals surface area contributed by atoms with Crippen molar-refractivity contribution < 1.29 is 9.53 Å². The second-order valence-corrected chi connectivity index (χ2v) is 6.18. The third-order valence-electron chi connectivity index (χ3n) is 3.86. The zero-order valence-electron chi connectivity index (χ0n) is 13.9. The van der Waals surface area contributed by atoms with Crippen LogP contribution in [0, 0.1) is 13.8 Å². The molecule has 2 rings (SSSR count). The summed E-state index contributed by atoms with van der Waals surface area (Å²) in [6, 6.07) is 13.7. The largest absolute Gasteiger partial charge is 0.497 e. The number of rotatable bonds is 4. The van der Waals surface area contributed by atoms with E-state index in [1.165, 1.54) is 0 Å². The van der Waals surface area contributed by atoms with Crippen molar-refractivity contribution in [1.82, 2.24) is 0 Å². The molecule has 3 nitrogen and oxygen atoms in total. The van der Waals surface area contributed by atoms with Crippen molar-refractivity contribution in [1.29, 1.82) is 0 Å². The number of carbonyl (C=O) groups excluding carboxylic acids is 1. The summed E-state index contributed by atoms with van der Waals surface area (Å²) in [5.74, 6) is 0.761. The van der Waals surface area contributed by atoms with E-state index >= 15 is 0 Å². The maximum atomic E-state index is 12.7. The van der Waals surface area contributed by atoms with Crippen LogP contribution < -0.4 is 10.1 Å². The van der Waals surface area contributed by atoms with Crippen LogP contribution in [0.25, 0.3) is 0 Å². The monoisotopic (exact) mass is 297 g/mol. The summed E-state index contributed by atoms with van der Waals surface area (Å²) in [5, 5.41) is 3.02. The van der Waals surface area contributed by atoms with Crippen LogP contribution in [0.2, 0.25) is 0 Å². The fourth-order valence-electron chi connectivity index (χ4n) is 2.47. The van der Waals surface area contributed by atoms with E-state index in [4.69, 9.17) is 4.74 Å².